The Morgan fingerprint density at radius 2 is 1.69 bits per heavy atom. The molecule has 2 saturated heterocycles. The van der Waals surface area contributed by atoms with E-state index in [0.29, 0.717) is 0 Å². The molecule has 2 rings (SSSR count). The molecule has 0 aromatic carbocycles. The molecule has 0 radical (unpaired) electrons. The smallest absolute Gasteiger partial charge is 0.0740 e. The average molecular weight is 225 g/mol. The molecular formula is C14H27NO. The van der Waals surface area contributed by atoms with Crippen LogP contribution in [0.4, 0.5) is 0 Å². The molecule has 2 heterocycles. The highest BCUT2D eigenvalue weighted by molar-refractivity contribution is 5.01. The maximum atomic E-state index is 6.29. The SMILES string of the molecule is CC(C)C1COC2(CCNCC2)C1C(C)C. The zero-order chi connectivity index (χ0) is 11.8. The van der Waals surface area contributed by atoms with Crippen LogP contribution in [-0.4, -0.2) is 25.3 Å². The third-order valence-electron chi connectivity index (χ3n) is 4.66. The van der Waals surface area contributed by atoms with E-state index < -0.39 is 0 Å². The molecule has 0 saturated carbocycles. The first kappa shape index (κ1) is 12.4. The van der Waals surface area contributed by atoms with Gasteiger partial charge in [0.25, 0.3) is 0 Å². The van der Waals surface area contributed by atoms with Crippen molar-refractivity contribution in [1.82, 2.24) is 5.32 Å². The van der Waals surface area contributed by atoms with Gasteiger partial charge >= 0.3 is 0 Å². The maximum absolute atomic E-state index is 6.29. The van der Waals surface area contributed by atoms with Crippen LogP contribution in [0.15, 0.2) is 0 Å². The Kier molecular flexibility index (Phi) is 3.60. The van der Waals surface area contributed by atoms with Crippen molar-refractivity contribution in [2.45, 2.75) is 46.1 Å². The predicted molar refractivity (Wildman–Crippen MR) is 67.4 cm³/mol. The van der Waals surface area contributed by atoms with Gasteiger partial charge in [0.2, 0.25) is 0 Å². The molecular weight excluding hydrogens is 198 g/mol. The normalized spacial score (nSPS) is 34.1. The van der Waals surface area contributed by atoms with E-state index in [1.165, 1.54) is 12.8 Å². The lowest BCUT2D eigenvalue weighted by Gasteiger charge is -2.42. The van der Waals surface area contributed by atoms with Gasteiger partial charge in [0.1, 0.15) is 0 Å². The molecule has 2 aliphatic heterocycles. The summed E-state index contributed by atoms with van der Waals surface area (Å²) in [5, 5.41) is 3.46. The molecule has 2 fully saturated rings. The molecule has 0 bridgehead atoms. The fraction of sp³-hybridized carbons (Fsp3) is 1.00. The van der Waals surface area contributed by atoms with E-state index in [4.69, 9.17) is 4.74 Å². The minimum atomic E-state index is 0.203. The Morgan fingerprint density at radius 1 is 1.06 bits per heavy atom. The molecule has 2 unspecified atom stereocenters. The van der Waals surface area contributed by atoms with E-state index in [1.54, 1.807) is 0 Å². The molecule has 2 aliphatic rings. The molecule has 1 spiro atoms. The summed E-state index contributed by atoms with van der Waals surface area (Å²) < 4.78 is 6.29. The molecule has 1 N–H and O–H groups in total. The molecule has 16 heavy (non-hydrogen) atoms. The molecule has 0 amide bonds. The number of hydrogen-bond acceptors (Lipinski definition) is 2. The van der Waals surface area contributed by atoms with Crippen LogP contribution < -0.4 is 5.32 Å². The lowest BCUT2D eigenvalue weighted by atomic mass is 9.67. The van der Waals surface area contributed by atoms with Crippen LogP contribution in [0.2, 0.25) is 0 Å². The van der Waals surface area contributed by atoms with Crippen LogP contribution in [0.1, 0.15) is 40.5 Å². The Bertz CT molecular complexity index is 231. The van der Waals surface area contributed by atoms with Crippen LogP contribution in [0, 0.1) is 23.7 Å². The van der Waals surface area contributed by atoms with Gasteiger partial charge in [-0.1, -0.05) is 27.7 Å². The van der Waals surface area contributed by atoms with Gasteiger partial charge in [-0.05, 0) is 49.6 Å². The van der Waals surface area contributed by atoms with Crippen LogP contribution in [0.5, 0.6) is 0 Å². The fourth-order valence-corrected chi connectivity index (χ4v) is 3.89. The molecule has 0 aromatic heterocycles. The highest BCUT2D eigenvalue weighted by Gasteiger charge is 2.51. The van der Waals surface area contributed by atoms with Crippen molar-refractivity contribution in [3.63, 3.8) is 0 Å². The highest BCUT2D eigenvalue weighted by Crippen LogP contribution is 2.48. The lowest BCUT2D eigenvalue weighted by Crippen LogP contribution is -2.48. The van der Waals surface area contributed by atoms with Crippen molar-refractivity contribution >= 4 is 0 Å². The monoisotopic (exact) mass is 225 g/mol. The first-order valence-electron chi connectivity index (χ1n) is 6.91. The largest absolute Gasteiger partial charge is 0.374 e. The van der Waals surface area contributed by atoms with Crippen molar-refractivity contribution in [3.05, 3.63) is 0 Å². The molecule has 0 aromatic rings. The summed E-state index contributed by atoms with van der Waals surface area (Å²) in [5.41, 5.74) is 0.203. The van der Waals surface area contributed by atoms with Crippen LogP contribution in [0.25, 0.3) is 0 Å². The van der Waals surface area contributed by atoms with Crippen molar-refractivity contribution in [3.8, 4) is 0 Å². The molecule has 2 atom stereocenters. The quantitative estimate of drug-likeness (QED) is 0.780. The minimum absolute atomic E-state index is 0.203. The highest BCUT2D eigenvalue weighted by atomic mass is 16.5. The van der Waals surface area contributed by atoms with Gasteiger partial charge < -0.3 is 10.1 Å². The summed E-state index contributed by atoms with van der Waals surface area (Å²) in [7, 11) is 0. The predicted octanol–water partition coefficient (Wildman–Crippen LogP) is 2.68. The van der Waals surface area contributed by atoms with Crippen molar-refractivity contribution in [2.75, 3.05) is 19.7 Å². The zero-order valence-corrected chi connectivity index (χ0v) is 11.3. The summed E-state index contributed by atoms with van der Waals surface area (Å²) in [4.78, 5) is 0. The number of hydrogen-bond donors (Lipinski definition) is 1. The Balaban J connectivity index is 2.19. The number of nitrogens with one attached hydrogen (secondary N) is 1. The maximum Gasteiger partial charge on any atom is 0.0740 e. The van der Waals surface area contributed by atoms with Gasteiger partial charge in [0.05, 0.1) is 12.2 Å². The standard InChI is InChI=1S/C14H27NO/c1-10(2)12-9-16-14(13(12)11(3)4)5-7-15-8-6-14/h10-13,15H,5-9H2,1-4H3. The number of ether oxygens (including phenoxy) is 1. The summed E-state index contributed by atoms with van der Waals surface area (Å²) >= 11 is 0. The summed E-state index contributed by atoms with van der Waals surface area (Å²) in [6, 6.07) is 0. The van der Waals surface area contributed by atoms with E-state index >= 15 is 0 Å². The fourth-order valence-electron chi connectivity index (χ4n) is 3.89. The minimum Gasteiger partial charge on any atom is -0.374 e. The second-order valence-electron chi connectivity index (χ2n) is 6.30. The van der Waals surface area contributed by atoms with Crippen molar-refractivity contribution < 1.29 is 4.74 Å². The topological polar surface area (TPSA) is 21.3 Å². The summed E-state index contributed by atoms with van der Waals surface area (Å²) in [6.07, 6.45) is 2.41. The van der Waals surface area contributed by atoms with Crippen LogP contribution in [-0.2, 0) is 4.74 Å². The van der Waals surface area contributed by atoms with Gasteiger partial charge in [-0.25, -0.2) is 0 Å². The zero-order valence-electron chi connectivity index (χ0n) is 11.3. The van der Waals surface area contributed by atoms with Crippen molar-refractivity contribution in [1.29, 1.82) is 0 Å². The molecule has 94 valence electrons. The molecule has 0 aliphatic carbocycles. The Hall–Kier alpha value is -0.0800. The van der Waals surface area contributed by atoms with Gasteiger partial charge in [0.15, 0.2) is 0 Å². The van der Waals surface area contributed by atoms with E-state index in [2.05, 4.69) is 33.0 Å². The van der Waals surface area contributed by atoms with Gasteiger partial charge in [-0.3, -0.25) is 0 Å². The van der Waals surface area contributed by atoms with Crippen molar-refractivity contribution in [2.24, 2.45) is 23.7 Å². The van der Waals surface area contributed by atoms with E-state index in [9.17, 15) is 0 Å². The van der Waals surface area contributed by atoms with Crippen LogP contribution >= 0.6 is 0 Å². The molecule has 2 heteroatoms. The third kappa shape index (κ3) is 2.02. The third-order valence-corrected chi connectivity index (χ3v) is 4.66. The van der Waals surface area contributed by atoms with Gasteiger partial charge in [0, 0.05) is 0 Å². The second kappa shape index (κ2) is 4.66. The van der Waals surface area contributed by atoms with E-state index in [0.717, 1.165) is 43.4 Å². The van der Waals surface area contributed by atoms with Gasteiger partial charge in [-0.15, -0.1) is 0 Å². The summed E-state index contributed by atoms with van der Waals surface area (Å²) in [5.74, 6) is 3.02. The summed E-state index contributed by atoms with van der Waals surface area (Å²) in [6.45, 7) is 12.7. The average Bonchev–Trinajstić information content (AvgIpc) is 2.58. The number of rotatable bonds is 2. The van der Waals surface area contributed by atoms with E-state index in [1.807, 2.05) is 0 Å². The van der Waals surface area contributed by atoms with Crippen LogP contribution in [0.3, 0.4) is 0 Å². The lowest BCUT2D eigenvalue weighted by molar-refractivity contribution is -0.0549. The van der Waals surface area contributed by atoms with E-state index in [-0.39, 0.29) is 5.60 Å². The second-order valence-corrected chi connectivity index (χ2v) is 6.30. The molecule has 2 nitrogen and oxygen atoms in total. The Morgan fingerprint density at radius 3 is 2.19 bits per heavy atom. The number of piperidine rings is 1. The first-order valence-corrected chi connectivity index (χ1v) is 6.91. The first-order chi connectivity index (χ1) is 7.57. The Labute approximate surface area is 100 Å². The van der Waals surface area contributed by atoms with Gasteiger partial charge in [-0.2, -0.15) is 0 Å².